The highest BCUT2D eigenvalue weighted by Crippen LogP contribution is 2.33. The average Bonchev–Trinajstić information content (AvgIpc) is 3.48. The number of rotatable bonds is 2. The van der Waals surface area contributed by atoms with Crippen LogP contribution in [0, 0.1) is 11.3 Å². The van der Waals surface area contributed by atoms with Crippen LogP contribution in [-0.2, 0) is 12.8 Å². The first-order chi connectivity index (χ1) is 17.0. The van der Waals surface area contributed by atoms with Gasteiger partial charge in [0.15, 0.2) is 0 Å². The Labute approximate surface area is 206 Å². The molecule has 0 fully saturated rings. The molecule has 2 aliphatic rings. The van der Waals surface area contributed by atoms with Gasteiger partial charge in [-0.1, -0.05) is 36.4 Å². The highest BCUT2D eigenvalue weighted by atomic mass is 35.5. The zero-order valence-corrected chi connectivity index (χ0v) is 19.3. The third kappa shape index (κ3) is 4.60. The van der Waals surface area contributed by atoms with E-state index in [0.29, 0.717) is 11.9 Å². The van der Waals surface area contributed by atoms with Gasteiger partial charge in [-0.25, -0.2) is 0 Å². The number of nitrogens with zero attached hydrogens (tertiary/aromatic N) is 9. The third-order valence-corrected chi connectivity index (χ3v) is 5.78. The van der Waals surface area contributed by atoms with Crippen molar-refractivity contribution >= 4 is 46.8 Å². The Morgan fingerprint density at radius 2 is 1.23 bits per heavy atom. The minimum atomic E-state index is 0.0434. The first-order valence-corrected chi connectivity index (χ1v) is 11.2. The molecule has 0 radical (unpaired) electrons. The standard InChI is InChI=1S/C12H10N6.C11H10ClN5/c13-7-10-15-11(14)17-12(16-10)18-6-5-8-3-1-2-4-9(8)18;12-9-14-10(13)16-11(15-9)17-6-5-7-3-1-2-4-8(7)17/h1-4H,5-6H2,(H2,14,15,16,17);1-4H,5-6H2,(H2,13,14,15,16). The summed E-state index contributed by atoms with van der Waals surface area (Å²) in [7, 11) is 0. The van der Waals surface area contributed by atoms with E-state index in [9.17, 15) is 0 Å². The predicted octanol–water partition coefficient (Wildman–Crippen LogP) is 2.82. The summed E-state index contributed by atoms with van der Waals surface area (Å²) in [6, 6.07) is 18.1. The smallest absolute Gasteiger partial charge is 0.238 e. The van der Waals surface area contributed by atoms with Crippen molar-refractivity contribution in [1.29, 1.82) is 5.26 Å². The van der Waals surface area contributed by atoms with Crippen molar-refractivity contribution in [2.24, 2.45) is 0 Å². The molecule has 2 aromatic heterocycles. The highest BCUT2D eigenvalue weighted by molar-refractivity contribution is 6.28. The molecule has 0 saturated carbocycles. The van der Waals surface area contributed by atoms with Gasteiger partial charge in [-0.3, -0.25) is 0 Å². The molecule has 11 nitrogen and oxygen atoms in total. The molecular weight excluding hydrogens is 466 g/mol. The molecule has 2 aliphatic heterocycles. The van der Waals surface area contributed by atoms with Crippen LogP contribution >= 0.6 is 11.6 Å². The van der Waals surface area contributed by atoms with Crippen molar-refractivity contribution in [2.45, 2.75) is 12.8 Å². The monoisotopic (exact) mass is 485 g/mol. The third-order valence-electron chi connectivity index (χ3n) is 5.61. The number of nitriles is 1. The molecule has 2 aromatic carbocycles. The summed E-state index contributed by atoms with van der Waals surface area (Å²) in [5.74, 6) is 1.20. The number of para-hydroxylation sites is 2. The SMILES string of the molecule is N#Cc1nc(N)nc(N2CCc3ccccc32)n1.Nc1nc(Cl)nc(N2CCc3ccccc32)n1. The molecule has 0 saturated heterocycles. The Morgan fingerprint density at radius 1 is 0.714 bits per heavy atom. The second kappa shape index (κ2) is 9.36. The van der Waals surface area contributed by atoms with E-state index < -0.39 is 0 Å². The minimum absolute atomic E-state index is 0.0434. The highest BCUT2D eigenvalue weighted by Gasteiger charge is 2.23. The lowest BCUT2D eigenvalue weighted by Crippen LogP contribution is -2.18. The summed E-state index contributed by atoms with van der Waals surface area (Å²) in [6.07, 6.45) is 1.91. The number of aromatic nitrogens is 6. The van der Waals surface area contributed by atoms with Crippen molar-refractivity contribution in [2.75, 3.05) is 34.4 Å². The molecule has 35 heavy (non-hydrogen) atoms. The van der Waals surface area contributed by atoms with E-state index in [1.165, 1.54) is 11.1 Å². The van der Waals surface area contributed by atoms with Crippen LogP contribution in [0.1, 0.15) is 17.0 Å². The Bertz CT molecular complexity index is 1420. The van der Waals surface area contributed by atoms with Crippen molar-refractivity contribution in [3.8, 4) is 6.07 Å². The molecule has 4 aromatic rings. The fraction of sp³-hybridized carbons (Fsp3) is 0.174. The largest absolute Gasteiger partial charge is 0.368 e. The van der Waals surface area contributed by atoms with Gasteiger partial charge in [0.2, 0.25) is 34.9 Å². The molecule has 0 atom stereocenters. The Hall–Kier alpha value is -4.56. The number of nitrogen functional groups attached to an aromatic ring is 2. The van der Waals surface area contributed by atoms with E-state index in [-0.39, 0.29) is 23.0 Å². The van der Waals surface area contributed by atoms with Crippen molar-refractivity contribution in [3.63, 3.8) is 0 Å². The van der Waals surface area contributed by atoms with Gasteiger partial charge in [0.05, 0.1) is 0 Å². The van der Waals surface area contributed by atoms with Crippen LogP contribution in [0.4, 0.5) is 35.2 Å². The molecule has 174 valence electrons. The summed E-state index contributed by atoms with van der Waals surface area (Å²) in [5.41, 5.74) is 15.8. The number of hydrogen-bond acceptors (Lipinski definition) is 11. The Kier molecular flexibility index (Phi) is 5.95. The van der Waals surface area contributed by atoms with Crippen molar-refractivity contribution < 1.29 is 0 Å². The summed E-state index contributed by atoms with van der Waals surface area (Å²) in [5, 5.41) is 8.97. The molecule has 0 aliphatic carbocycles. The van der Waals surface area contributed by atoms with Crippen LogP contribution in [0.2, 0.25) is 5.28 Å². The van der Waals surface area contributed by atoms with E-state index >= 15 is 0 Å². The molecule has 12 heteroatoms. The van der Waals surface area contributed by atoms with Gasteiger partial charge in [-0.15, -0.1) is 0 Å². The lowest BCUT2D eigenvalue weighted by molar-refractivity contribution is 0.914. The average molecular weight is 486 g/mol. The maximum absolute atomic E-state index is 8.85. The molecule has 0 amide bonds. The first-order valence-electron chi connectivity index (χ1n) is 10.8. The second-order valence-corrected chi connectivity index (χ2v) is 8.09. The molecule has 0 unspecified atom stereocenters. The molecule has 4 heterocycles. The fourth-order valence-corrected chi connectivity index (χ4v) is 4.28. The van der Waals surface area contributed by atoms with E-state index in [4.69, 9.17) is 28.3 Å². The lowest BCUT2D eigenvalue weighted by atomic mass is 10.2. The zero-order chi connectivity index (χ0) is 24.4. The van der Waals surface area contributed by atoms with Gasteiger partial charge in [0.1, 0.15) is 6.07 Å². The second-order valence-electron chi connectivity index (χ2n) is 7.75. The van der Waals surface area contributed by atoms with Gasteiger partial charge >= 0.3 is 0 Å². The van der Waals surface area contributed by atoms with Crippen LogP contribution < -0.4 is 21.3 Å². The number of nitrogens with two attached hydrogens (primary N) is 2. The summed E-state index contributed by atoms with van der Waals surface area (Å²) in [4.78, 5) is 27.9. The normalized spacial score (nSPS) is 13.5. The van der Waals surface area contributed by atoms with Gasteiger partial charge in [0.25, 0.3) is 0 Å². The van der Waals surface area contributed by atoms with Crippen LogP contribution in [0.5, 0.6) is 0 Å². The molecule has 4 N–H and O–H groups in total. The summed E-state index contributed by atoms with van der Waals surface area (Å²) < 4.78 is 0. The van der Waals surface area contributed by atoms with E-state index in [2.05, 4.69) is 42.0 Å². The van der Waals surface area contributed by atoms with Gasteiger partial charge in [-0.05, 0) is 47.7 Å². The number of anilines is 6. The quantitative estimate of drug-likeness (QED) is 0.429. The van der Waals surface area contributed by atoms with Crippen molar-refractivity contribution in [3.05, 3.63) is 70.8 Å². The predicted molar refractivity (Wildman–Crippen MR) is 133 cm³/mol. The number of benzene rings is 2. The molecule has 6 rings (SSSR count). The number of halogens is 1. The van der Waals surface area contributed by atoms with Gasteiger partial charge in [-0.2, -0.15) is 35.2 Å². The summed E-state index contributed by atoms with van der Waals surface area (Å²) in [6.45, 7) is 1.62. The minimum Gasteiger partial charge on any atom is -0.368 e. The molecular formula is C23H20ClN11. The van der Waals surface area contributed by atoms with Crippen LogP contribution in [-0.4, -0.2) is 43.0 Å². The van der Waals surface area contributed by atoms with Gasteiger partial charge < -0.3 is 21.3 Å². The summed E-state index contributed by atoms with van der Waals surface area (Å²) >= 11 is 5.79. The fourth-order valence-electron chi connectivity index (χ4n) is 4.12. The van der Waals surface area contributed by atoms with Crippen LogP contribution in [0.25, 0.3) is 0 Å². The maximum atomic E-state index is 8.85. The van der Waals surface area contributed by atoms with Crippen LogP contribution in [0.3, 0.4) is 0 Å². The molecule has 0 bridgehead atoms. The zero-order valence-electron chi connectivity index (χ0n) is 18.5. The van der Waals surface area contributed by atoms with Crippen LogP contribution in [0.15, 0.2) is 48.5 Å². The Balaban J connectivity index is 0.000000145. The topological polar surface area (TPSA) is 160 Å². The number of hydrogen-bond donors (Lipinski definition) is 2. The Morgan fingerprint density at radius 3 is 1.77 bits per heavy atom. The van der Waals surface area contributed by atoms with Gasteiger partial charge in [0, 0.05) is 24.5 Å². The van der Waals surface area contributed by atoms with E-state index in [1.807, 2.05) is 52.3 Å². The molecule has 0 spiro atoms. The van der Waals surface area contributed by atoms with Crippen molar-refractivity contribution in [1.82, 2.24) is 29.9 Å². The first kappa shape index (κ1) is 22.2. The maximum Gasteiger partial charge on any atom is 0.238 e. The number of fused-ring (bicyclic) bond motifs is 2. The lowest BCUT2D eigenvalue weighted by Gasteiger charge is -2.16. The van der Waals surface area contributed by atoms with E-state index in [1.54, 1.807) is 0 Å². The van der Waals surface area contributed by atoms with E-state index in [0.717, 1.165) is 37.3 Å².